The first kappa shape index (κ1) is 8.19. The summed E-state index contributed by atoms with van der Waals surface area (Å²) < 4.78 is 0. The second kappa shape index (κ2) is 4.07. The van der Waals surface area contributed by atoms with Gasteiger partial charge in [0.05, 0.1) is 0 Å². The number of hydrogen-bond donors (Lipinski definition) is 2. The van der Waals surface area contributed by atoms with Crippen LogP contribution in [0.1, 0.15) is 10.5 Å². The summed E-state index contributed by atoms with van der Waals surface area (Å²) in [7, 11) is 0. The predicted molar refractivity (Wildman–Crippen MR) is 40.5 cm³/mol. The third-order valence-corrected chi connectivity index (χ3v) is 1.12. The zero-order valence-electron chi connectivity index (χ0n) is 6.07. The zero-order valence-corrected chi connectivity index (χ0v) is 6.07. The maximum Gasteiger partial charge on any atom is 0.329 e. The van der Waals surface area contributed by atoms with Gasteiger partial charge in [0.25, 0.3) is 5.91 Å². The van der Waals surface area contributed by atoms with Gasteiger partial charge >= 0.3 is 6.41 Å². The maximum absolute atomic E-state index is 11.0. The van der Waals surface area contributed by atoms with E-state index in [4.69, 9.17) is 0 Å². The number of rotatable bonds is 3. The van der Waals surface area contributed by atoms with Gasteiger partial charge in [0, 0.05) is 6.20 Å². The second-order valence-corrected chi connectivity index (χ2v) is 1.90. The average Bonchev–Trinajstić information content (AvgIpc) is 2.15. The number of nitrogens with zero attached hydrogens (tertiary/aromatic N) is 1. The van der Waals surface area contributed by atoms with Crippen molar-refractivity contribution in [2.24, 2.45) is 0 Å². The molecular weight excluding hydrogens is 158 g/mol. The maximum atomic E-state index is 11.0. The highest BCUT2D eigenvalue weighted by Crippen LogP contribution is 1.90. The summed E-state index contributed by atoms with van der Waals surface area (Å²) in [6, 6.07) is 4.89. The first-order valence-electron chi connectivity index (χ1n) is 3.18. The van der Waals surface area contributed by atoms with Crippen LogP contribution in [0, 0.1) is 0 Å². The molecule has 0 unspecified atom stereocenters. The van der Waals surface area contributed by atoms with Gasteiger partial charge < -0.3 is 0 Å². The van der Waals surface area contributed by atoms with E-state index in [1.807, 2.05) is 5.43 Å². The van der Waals surface area contributed by atoms with E-state index in [1.165, 1.54) is 18.7 Å². The Kier molecular flexibility index (Phi) is 2.78. The molecule has 0 fully saturated rings. The highest BCUT2D eigenvalue weighted by Gasteiger charge is 2.03. The van der Waals surface area contributed by atoms with Gasteiger partial charge in [0.2, 0.25) is 0 Å². The summed E-state index contributed by atoms with van der Waals surface area (Å²) >= 11 is 0. The van der Waals surface area contributed by atoms with Crippen LogP contribution in [0.15, 0.2) is 24.4 Å². The van der Waals surface area contributed by atoms with Gasteiger partial charge in [0.15, 0.2) is 0 Å². The van der Waals surface area contributed by atoms with Crippen LogP contribution in [0.4, 0.5) is 0 Å². The highest BCUT2D eigenvalue weighted by atomic mass is 16.2. The molecule has 61 valence electrons. The third kappa shape index (κ3) is 2.05. The summed E-state index contributed by atoms with van der Waals surface area (Å²) in [5.74, 6) is -0.473. The number of hydrazine groups is 1. The van der Waals surface area contributed by atoms with Crippen molar-refractivity contribution < 1.29 is 9.59 Å². The molecule has 1 radical (unpaired) electrons. The van der Waals surface area contributed by atoms with Crippen molar-refractivity contribution >= 4 is 12.3 Å². The Morgan fingerprint density at radius 2 is 2.33 bits per heavy atom. The lowest BCUT2D eigenvalue weighted by Crippen LogP contribution is -2.36. The minimum absolute atomic E-state index is 0.236. The van der Waals surface area contributed by atoms with Crippen molar-refractivity contribution in [1.29, 1.82) is 0 Å². The van der Waals surface area contributed by atoms with Crippen LogP contribution in [-0.4, -0.2) is 17.3 Å². The second-order valence-electron chi connectivity index (χ2n) is 1.90. The topological polar surface area (TPSA) is 71.1 Å². The monoisotopic (exact) mass is 164 g/mol. The summed E-state index contributed by atoms with van der Waals surface area (Å²) in [6.07, 6.45) is 2.79. The third-order valence-electron chi connectivity index (χ3n) is 1.12. The number of hydrogen-bond acceptors (Lipinski definition) is 3. The van der Waals surface area contributed by atoms with Crippen LogP contribution in [0.25, 0.3) is 0 Å². The first-order valence-corrected chi connectivity index (χ1v) is 3.18. The molecule has 0 atom stereocenters. The fraction of sp³-hybridized carbons (Fsp3) is 0. The molecule has 0 aliphatic rings. The number of amides is 2. The van der Waals surface area contributed by atoms with E-state index in [1.54, 1.807) is 12.1 Å². The van der Waals surface area contributed by atoms with Crippen LogP contribution in [-0.2, 0) is 4.79 Å². The molecule has 1 rings (SSSR count). The van der Waals surface area contributed by atoms with Gasteiger partial charge in [-0.05, 0) is 12.1 Å². The Balaban J connectivity index is 2.59. The smallest absolute Gasteiger partial charge is 0.266 e. The Morgan fingerprint density at radius 3 is 2.92 bits per heavy atom. The lowest BCUT2D eigenvalue weighted by molar-refractivity contribution is 0.0938. The van der Waals surface area contributed by atoms with E-state index in [9.17, 15) is 9.59 Å². The van der Waals surface area contributed by atoms with Crippen molar-refractivity contribution in [2.75, 3.05) is 0 Å². The molecule has 0 aliphatic carbocycles. The number of carbonyl (C=O) groups excluding carboxylic acids is 2. The lowest BCUT2D eigenvalue weighted by atomic mass is 10.3. The standard InChI is InChI=1S/C7H6N3O2/c11-5-9-10-7(12)6-3-1-2-4-8-6/h1-4H,(H,9,11)(H,10,12). The number of nitrogens with one attached hydrogen (secondary N) is 2. The number of carbonyl (C=O) groups is 1. The SMILES string of the molecule is O=[C]NNC(=O)c1ccccn1. The fourth-order valence-electron chi connectivity index (χ4n) is 0.643. The zero-order chi connectivity index (χ0) is 8.81. The molecule has 0 aromatic carbocycles. The number of pyridine rings is 1. The van der Waals surface area contributed by atoms with Crippen LogP contribution in [0.3, 0.4) is 0 Å². The average molecular weight is 164 g/mol. The minimum Gasteiger partial charge on any atom is -0.266 e. The molecule has 1 aromatic heterocycles. The van der Waals surface area contributed by atoms with E-state index in [2.05, 4.69) is 10.4 Å². The predicted octanol–water partition coefficient (Wildman–Crippen LogP) is -0.617. The molecule has 2 N–H and O–H groups in total. The van der Waals surface area contributed by atoms with Gasteiger partial charge in [-0.2, -0.15) is 0 Å². The Hall–Kier alpha value is -1.91. The molecule has 12 heavy (non-hydrogen) atoms. The quantitative estimate of drug-likeness (QED) is 0.462. The van der Waals surface area contributed by atoms with E-state index in [0.29, 0.717) is 0 Å². The van der Waals surface area contributed by atoms with Crippen molar-refractivity contribution in [3.63, 3.8) is 0 Å². The van der Waals surface area contributed by atoms with Crippen molar-refractivity contribution in [3.05, 3.63) is 30.1 Å². The summed E-state index contributed by atoms with van der Waals surface area (Å²) in [4.78, 5) is 24.4. The van der Waals surface area contributed by atoms with Crippen LogP contribution >= 0.6 is 0 Å². The minimum atomic E-state index is -0.473. The molecule has 5 nitrogen and oxygen atoms in total. The van der Waals surface area contributed by atoms with Crippen molar-refractivity contribution in [1.82, 2.24) is 15.8 Å². The molecule has 2 amide bonds. The molecule has 1 heterocycles. The van der Waals surface area contributed by atoms with Gasteiger partial charge in [-0.25, -0.2) is 0 Å². The molecule has 1 aromatic rings. The molecule has 0 spiro atoms. The summed E-state index contributed by atoms with van der Waals surface area (Å²) in [6.45, 7) is 0. The number of aromatic nitrogens is 1. The Labute approximate surface area is 68.8 Å². The van der Waals surface area contributed by atoms with Crippen LogP contribution in [0.5, 0.6) is 0 Å². The van der Waals surface area contributed by atoms with Crippen molar-refractivity contribution in [3.8, 4) is 0 Å². The Morgan fingerprint density at radius 1 is 1.50 bits per heavy atom. The van der Waals surface area contributed by atoms with Gasteiger partial charge in [-0.15, -0.1) is 0 Å². The van der Waals surface area contributed by atoms with Gasteiger partial charge in [-0.1, -0.05) is 6.07 Å². The molecule has 0 aliphatic heterocycles. The normalized spacial score (nSPS) is 8.67. The first-order chi connectivity index (χ1) is 5.84. The van der Waals surface area contributed by atoms with E-state index in [0.717, 1.165) is 0 Å². The molecular formula is C7H6N3O2. The fourth-order valence-corrected chi connectivity index (χ4v) is 0.643. The Bertz CT molecular complexity index is 273. The van der Waals surface area contributed by atoms with Gasteiger partial charge in [0.1, 0.15) is 5.69 Å². The van der Waals surface area contributed by atoms with E-state index >= 15 is 0 Å². The molecule has 5 heteroatoms. The van der Waals surface area contributed by atoms with E-state index < -0.39 is 5.91 Å². The summed E-state index contributed by atoms with van der Waals surface area (Å²) in [5.41, 5.74) is 4.21. The summed E-state index contributed by atoms with van der Waals surface area (Å²) in [5, 5.41) is 0. The van der Waals surface area contributed by atoms with Crippen LogP contribution < -0.4 is 10.9 Å². The van der Waals surface area contributed by atoms with Crippen LogP contribution in [0.2, 0.25) is 0 Å². The largest absolute Gasteiger partial charge is 0.329 e. The highest BCUT2D eigenvalue weighted by molar-refractivity contribution is 5.92. The molecule has 0 saturated heterocycles. The van der Waals surface area contributed by atoms with Gasteiger partial charge in [-0.3, -0.25) is 25.4 Å². The molecule has 0 bridgehead atoms. The lowest BCUT2D eigenvalue weighted by Gasteiger charge is -1.99. The molecule has 0 saturated carbocycles. The van der Waals surface area contributed by atoms with E-state index in [-0.39, 0.29) is 5.69 Å². The van der Waals surface area contributed by atoms with Crippen molar-refractivity contribution in [2.45, 2.75) is 0 Å².